The monoisotopic (exact) mass is 634 g/mol. The van der Waals surface area contributed by atoms with Crippen molar-refractivity contribution in [1.29, 1.82) is 0 Å². The summed E-state index contributed by atoms with van der Waals surface area (Å²) >= 11 is 0. The van der Waals surface area contributed by atoms with Gasteiger partial charge in [-0.05, 0) is 43.6 Å². The highest BCUT2D eigenvalue weighted by molar-refractivity contribution is 5.68. The fourth-order valence-corrected chi connectivity index (χ4v) is 4.92. The van der Waals surface area contributed by atoms with Gasteiger partial charge in [-0.3, -0.25) is 18.7 Å². The Morgan fingerprint density at radius 2 is 1.71 bits per heavy atom. The molecule has 0 radical (unpaired) electrons. The van der Waals surface area contributed by atoms with Gasteiger partial charge in [0, 0.05) is 27.3 Å². The van der Waals surface area contributed by atoms with E-state index in [4.69, 9.17) is 8.85 Å². The van der Waals surface area contributed by atoms with E-state index in [0.29, 0.717) is 20.8 Å². The maximum absolute atomic E-state index is 15.6. The SMILES string of the molecule is [2H]C(CC([2H])([2H])C(=O)O)N[C@@H](Cn1c(=O)c(-c2cccc(OC)c2F)c(C)n(Cc2c(F)cccc2C(F)(F)F)c1=O)c1ccccc1. The quantitative estimate of drug-likeness (QED) is 0.199. The number of hydrogen-bond donors (Lipinski definition) is 2. The average Bonchev–Trinajstić information content (AvgIpc) is 3.01. The van der Waals surface area contributed by atoms with Gasteiger partial charge in [0.15, 0.2) is 11.6 Å². The maximum atomic E-state index is 15.6. The summed E-state index contributed by atoms with van der Waals surface area (Å²) in [5.41, 5.74) is -5.24. The molecule has 0 spiro atoms. The van der Waals surface area contributed by atoms with Gasteiger partial charge < -0.3 is 15.2 Å². The predicted octanol–water partition coefficient (Wildman–Crippen LogP) is 5.54. The van der Waals surface area contributed by atoms with Crippen molar-refractivity contribution in [3.05, 3.63) is 122 Å². The van der Waals surface area contributed by atoms with Crippen molar-refractivity contribution in [3.8, 4) is 16.9 Å². The molecule has 0 saturated carbocycles. The lowest BCUT2D eigenvalue weighted by atomic mass is 10.0. The third-order valence-corrected chi connectivity index (χ3v) is 7.12. The van der Waals surface area contributed by atoms with Gasteiger partial charge >= 0.3 is 17.8 Å². The second-order valence-electron chi connectivity index (χ2n) is 9.85. The van der Waals surface area contributed by atoms with Crippen LogP contribution in [0.2, 0.25) is 0 Å². The summed E-state index contributed by atoms with van der Waals surface area (Å²) in [5.74, 6) is -4.39. The van der Waals surface area contributed by atoms with E-state index in [9.17, 15) is 37.1 Å². The fourth-order valence-electron chi connectivity index (χ4n) is 4.92. The minimum Gasteiger partial charge on any atom is -0.494 e. The van der Waals surface area contributed by atoms with Crippen LogP contribution in [0.15, 0.2) is 76.3 Å². The number of methoxy groups -OCH3 is 1. The Balaban J connectivity index is 1.97. The first-order valence-electron chi connectivity index (χ1n) is 15.0. The number of hydrogen-bond acceptors (Lipinski definition) is 5. The summed E-state index contributed by atoms with van der Waals surface area (Å²) < 4.78 is 103. The molecule has 13 heteroatoms. The Morgan fingerprint density at radius 1 is 1.02 bits per heavy atom. The molecule has 4 rings (SSSR count). The van der Waals surface area contributed by atoms with Gasteiger partial charge in [0.25, 0.3) is 5.56 Å². The Kier molecular flexibility index (Phi) is 8.94. The first kappa shape index (κ1) is 29.0. The van der Waals surface area contributed by atoms with Crippen molar-refractivity contribution in [2.24, 2.45) is 0 Å². The van der Waals surface area contributed by atoms with Crippen molar-refractivity contribution < 1.29 is 40.7 Å². The molecule has 0 saturated heterocycles. The Morgan fingerprint density at radius 3 is 2.36 bits per heavy atom. The Labute approximate surface area is 258 Å². The van der Waals surface area contributed by atoms with Gasteiger partial charge in [-0.2, -0.15) is 13.2 Å². The molecule has 2 N–H and O–H groups in total. The van der Waals surface area contributed by atoms with Crippen LogP contribution in [0.1, 0.15) is 45.3 Å². The summed E-state index contributed by atoms with van der Waals surface area (Å²) in [4.78, 5) is 39.5. The second-order valence-corrected chi connectivity index (χ2v) is 9.85. The highest BCUT2D eigenvalue weighted by Crippen LogP contribution is 2.34. The molecule has 4 aromatic rings. The van der Waals surface area contributed by atoms with E-state index in [1.807, 2.05) is 0 Å². The number of halogens is 5. The molecule has 45 heavy (non-hydrogen) atoms. The Hall–Kier alpha value is -4.78. The molecule has 1 heterocycles. The number of carbonyl (C=O) groups is 1. The van der Waals surface area contributed by atoms with Crippen LogP contribution < -0.4 is 21.3 Å². The van der Waals surface area contributed by atoms with Gasteiger partial charge in [-0.1, -0.05) is 48.5 Å². The van der Waals surface area contributed by atoms with Crippen molar-refractivity contribution in [3.63, 3.8) is 0 Å². The lowest BCUT2D eigenvalue weighted by Crippen LogP contribution is -2.45. The zero-order valence-corrected chi connectivity index (χ0v) is 24.0. The number of alkyl halides is 3. The summed E-state index contributed by atoms with van der Waals surface area (Å²) in [6.45, 7) is -2.02. The van der Waals surface area contributed by atoms with Crippen LogP contribution in [0.4, 0.5) is 22.0 Å². The molecule has 0 bridgehead atoms. The number of rotatable bonds is 12. The van der Waals surface area contributed by atoms with Crippen LogP contribution in [-0.2, 0) is 24.1 Å². The van der Waals surface area contributed by atoms with E-state index in [1.165, 1.54) is 32.2 Å². The van der Waals surface area contributed by atoms with Gasteiger partial charge in [0.05, 0.1) is 37.4 Å². The first-order chi connectivity index (χ1) is 22.5. The molecule has 1 unspecified atom stereocenters. The molecule has 3 aromatic carbocycles. The zero-order chi connectivity index (χ0) is 35.6. The van der Waals surface area contributed by atoms with Crippen LogP contribution in [0.3, 0.4) is 0 Å². The number of ether oxygens (including phenoxy) is 1. The largest absolute Gasteiger partial charge is 0.494 e. The van der Waals surface area contributed by atoms with Crippen molar-refractivity contribution in [1.82, 2.24) is 14.5 Å². The lowest BCUT2D eigenvalue weighted by molar-refractivity contribution is -0.138. The molecule has 0 aliphatic rings. The van der Waals surface area contributed by atoms with Crippen molar-refractivity contribution in [2.75, 3.05) is 13.6 Å². The predicted molar refractivity (Wildman–Crippen MR) is 156 cm³/mol. The van der Waals surface area contributed by atoms with Gasteiger partial charge in [-0.15, -0.1) is 0 Å². The smallest absolute Gasteiger partial charge is 0.416 e. The fraction of sp³-hybridized carbons (Fsp3) is 0.281. The number of aliphatic carboxylic acids is 1. The average molecular weight is 635 g/mol. The number of nitrogens with one attached hydrogen (secondary N) is 1. The minimum absolute atomic E-state index is 0.276. The highest BCUT2D eigenvalue weighted by Gasteiger charge is 2.35. The number of aromatic nitrogens is 2. The second kappa shape index (κ2) is 13.9. The number of carboxylic acids is 1. The molecule has 2 atom stereocenters. The van der Waals surface area contributed by atoms with E-state index in [0.717, 1.165) is 12.1 Å². The van der Waals surface area contributed by atoms with E-state index in [1.54, 1.807) is 30.3 Å². The van der Waals surface area contributed by atoms with Crippen LogP contribution in [0.5, 0.6) is 5.75 Å². The summed E-state index contributed by atoms with van der Waals surface area (Å²) in [6, 6.07) is 12.8. The summed E-state index contributed by atoms with van der Waals surface area (Å²) in [6.07, 6.45) is -8.68. The number of benzene rings is 3. The molecule has 0 fully saturated rings. The number of carboxylic acid groups (broad SMARTS) is 1. The van der Waals surface area contributed by atoms with Gasteiger partial charge in [0.1, 0.15) is 5.82 Å². The van der Waals surface area contributed by atoms with Gasteiger partial charge in [-0.25, -0.2) is 13.6 Å². The lowest BCUT2D eigenvalue weighted by Gasteiger charge is -2.23. The zero-order valence-electron chi connectivity index (χ0n) is 27.0. The Bertz CT molecular complexity index is 1930. The van der Waals surface area contributed by atoms with Crippen LogP contribution >= 0.6 is 0 Å². The number of nitrogens with zero attached hydrogens (tertiary/aromatic N) is 2. The molecule has 0 aliphatic carbocycles. The molecule has 0 aliphatic heterocycles. The molecule has 8 nitrogen and oxygen atoms in total. The van der Waals surface area contributed by atoms with E-state index < -0.39 is 90.2 Å². The van der Waals surface area contributed by atoms with Gasteiger partial charge in [0.2, 0.25) is 0 Å². The standard InChI is InChI=1S/C32H30F5N3O5/c1-19-28(21-11-6-14-26(45-2)29(21)34)30(43)40(18-25(20-9-4-3-5-10-20)38-16-8-15-27(41)42)31(44)39(19)17-22-23(32(35,36)37)12-7-13-24(22)33/h3-7,9-14,25,38H,8,15-18H2,1-2H3,(H,41,42)/t25-/m0/s1/i15D2,16D/t16?,25-. The molecule has 1 aromatic heterocycles. The molecular formula is C32H30F5N3O5. The third-order valence-electron chi connectivity index (χ3n) is 7.12. The topological polar surface area (TPSA) is 103 Å². The van der Waals surface area contributed by atoms with Crippen LogP contribution in [0, 0.1) is 18.6 Å². The van der Waals surface area contributed by atoms with Crippen LogP contribution in [0.25, 0.3) is 11.1 Å². The first-order valence-corrected chi connectivity index (χ1v) is 13.5. The molecule has 238 valence electrons. The minimum atomic E-state index is -5.02. The molecule has 0 amide bonds. The molecular weight excluding hydrogens is 601 g/mol. The highest BCUT2D eigenvalue weighted by atomic mass is 19.4. The summed E-state index contributed by atoms with van der Waals surface area (Å²) in [7, 11) is 1.17. The van der Waals surface area contributed by atoms with E-state index in [2.05, 4.69) is 5.32 Å². The van der Waals surface area contributed by atoms with E-state index >= 15 is 4.39 Å². The van der Waals surface area contributed by atoms with Crippen molar-refractivity contribution in [2.45, 2.75) is 45.0 Å². The normalized spacial score (nSPS) is 14.2. The maximum Gasteiger partial charge on any atom is 0.416 e. The summed E-state index contributed by atoms with van der Waals surface area (Å²) in [5, 5.41) is 11.9. The van der Waals surface area contributed by atoms with E-state index in [-0.39, 0.29) is 17.0 Å². The third kappa shape index (κ3) is 7.31. The van der Waals surface area contributed by atoms with Crippen molar-refractivity contribution >= 4 is 5.97 Å². The van der Waals surface area contributed by atoms with Crippen LogP contribution in [-0.4, -0.2) is 33.8 Å².